The first-order valence-electron chi connectivity index (χ1n) is 5.75. The van der Waals surface area contributed by atoms with E-state index in [1.54, 1.807) is 0 Å². The molecule has 0 amide bonds. The highest BCUT2D eigenvalue weighted by molar-refractivity contribution is 7.89. The van der Waals surface area contributed by atoms with Gasteiger partial charge in [-0.25, -0.2) is 13.2 Å². The molecule has 0 aromatic carbocycles. The highest BCUT2D eigenvalue weighted by Gasteiger charge is 2.48. The highest BCUT2D eigenvalue weighted by Crippen LogP contribution is 2.34. The van der Waals surface area contributed by atoms with Crippen molar-refractivity contribution in [2.45, 2.75) is 29.7 Å². The van der Waals surface area contributed by atoms with Gasteiger partial charge in [0.05, 0.1) is 7.11 Å². The maximum Gasteiger partial charge on any atom is 0.349 e. The number of carbonyl (C=O) groups excluding carboxylic acids is 1. The van der Waals surface area contributed by atoms with Crippen molar-refractivity contribution in [1.29, 1.82) is 0 Å². The standard InChI is InChI=1S/C11H13NO6S2/c1-18-9(13)8-7(3-6-19-8)20(16,17)12-11(10(14)15)4-2-5-11/h3,6,12H,2,4-5H2,1H3,(H,14,15). The van der Waals surface area contributed by atoms with Crippen molar-refractivity contribution in [2.75, 3.05) is 7.11 Å². The fourth-order valence-corrected chi connectivity index (χ4v) is 4.71. The van der Waals surface area contributed by atoms with Crippen LogP contribution in [-0.4, -0.2) is 38.1 Å². The molecule has 110 valence electrons. The van der Waals surface area contributed by atoms with Crippen LogP contribution in [-0.2, 0) is 19.6 Å². The smallest absolute Gasteiger partial charge is 0.349 e. The van der Waals surface area contributed by atoms with Crippen molar-refractivity contribution in [3.63, 3.8) is 0 Å². The first-order chi connectivity index (χ1) is 9.32. The first-order valence-corrected chi connectivity index (χ1v) is 8.12. The van der Waals surface area contributed by atoms with Gasteiger partial charge in [-0.2, -0.15) is 4.72 Å². The number of carboxylic acids is 1. The average Bonchev–Trinajstić information content (AvgIpc) is 2.82. The molecule has 7 nitrogen and oxygen atoms in total. The van der Waals surface area contributed by atoms with Crippen LogP contribution in [0.3, 0.4) is 0 Å². The molecule has 0 spiro atoms. The molecular formula is C11H13NO6S2. The number of thiophene rings is 1. The van der Waals surface area contributed by atoms with Crippen LogP contribution < -0.4 is 4.72 Å². The average molecular weight is 319 g/mol. The van der Waals surface area contributed by atoms with Crippen molar-refractivity contribution in [3.8, 4) is 0 Å². The van der Waals surface area contributed by atoms with Gasteiger partial charge in [0.2, 0.25) is 10.0 Å². The van der Waals surface area contributed by atoms with Gasteiger partial charge in [-0.3, -0.25) is 4.79 Å². The Labute approximate surface area is 119 Å². The molecule has 0 radical (unpaired) electrons. The van der Waals surface area contributed by atoms with E-state index in [4.69, 9.17) is 5.11 Å². The Kier molecular flexibility index (Phi) is 3.85. The van der Waals surface area contributed by atoms with Crippen molar-refractivity contribution in [3.05, 3.63) is 16.3 Å². The van der Waals surface area contributed by atoms with Crippen LogP contribution in [0.2, 0.25) is 0 Å². The quantitative estimate of drug-likeness (QED) is 0.778. The minimum absolute atomic E-state index is 0.0696. The number of rotatable bonds is 5. The summed E-state index contributed by atoms with van der Waals surface area (Å²) < 4.78 is 31.3. The largest absolute Gasteiger partial charge is 0.480 e. The minimum atomic E-state index is -4.09. The third-order valence-corrected chi connectivity index (χ3v) is 5.84. The second kappa shape index (κ2) is 5.15. The van der Waals surface area contributed by atoms with Gasteiger partial charge in [-0.15, -0.1) is 11.3 Å². The van der Waals surface area contributed by atoms with Gasteiger partial charge in [0.25, 0.3) is 0 Å². The highest BCUT2D eigenvalue weighted by atomic mass is 32.2. The van der Waals surface area contributed by atoms with Crippen LogP contribution in [0.4, 0.5) is 0 Å². The van der Waals surface area contributed by atoms with Gasteiger partial charge >= 0.3 is 11.9 Å². The Bertz CT molecular complexity index is 644. The zero-order valence-electron chi connectivity index (χ0n) is 10.6. The van der Waals surface area contributed by atoms with Crippen molar-refractivity contribution >= 4 is 33.3 Å². The molecule has 0 unspecified atom stereocenters. The van der Waals surface area contributed by atoms with Gasteiger partial charge in [-0.1, -0.05) is 0 Å². The van der Waals surface area contributed by atoms with Crippen LogP contribution in [0.1, 0.15) is 28.9 Å². The maximum atomic E-state index is 12.3. The molecule has 0 aliphatic heterocycles. The Morgan fingerprint density at radius 1 is 1.45 bits per heavy atom. The fourth-order valence-electron chi connectivity index (χ4n) is 1.95. The molecular weight excluding hydrogens is 306 g/mol. The van der Waals surface area contributed by atoms with E-state index < -0.39 is 27.5 Å². The lowest BCUT2D eigenvalue weighted by molar-refractivity contribution is -0.147. The summed E-state index contributed by atoms with van der Waals surface area (Å²) in [5.74, 6) is -1.97. The third-order valence-electron chi connectivity index (χ3n) is 3.24. The molecule has 0 atom stereocenters. The lowest BCUT2D eigenvalue weighted by Gasteiger charge is -2.37. The van der Waals surface area contributed by atoms with E-state index in [1.165, 1.54) is 11.4 Å². The molecule has 2 N–H and O–H groups in total. The van der Waals surface area contributed by atoms with E-state index in [2.05, 4.69) is 9.46 Å². The number of sulfonamides is 1. The zero-order valence-corrected chi connectivity index (χ0v) is 12.2. The summed E-state index contributed by atoms with van der Waals surface area (Å²) in [6, 6.07) is 1.26. The number of carbonyl (C=O) groups is 2. The summed E-state index contributed by atoms with van der Waals surface area (Å²) in [6.45, 7) is 0. The predicted molar refractivity (Wildman–Crippen MR) is 70.2 cm³/mol. The summed E-state index contributed by atoms with van der Waals surface area (Å²) in [5.41, 5.74) is -1.46. The SMILES string of the molecule is COC(=O)c1sccc1S(=O)(=O)NC1(C(=O)O)CCC1. The van der Waals surface area contributed by atoms with Crippen molar-refractivity contribution in [2.24, 2.45) is 0 Å². The summed E-state index contributed by atoms with van der Waals surface area (Å²) >= 11 is 0.928. The summed E-state index contributed by atoms with van der Waals surface area (Å²) in [7, 11) is -2.94. The Hall–Kier alpha value is -1.45. The second-order valence-electron chi connectivity index (χ2n) is 4.45. The lowest BCUT2D eigenvalue weighted by Crippen LogP contribution is -2.58. The van der Waals surface area contributed by atoms with Gasteiger partial charge < -0.3 is 9.84 Å². The number of hydrogen-bond donors (Lipinski definition) is 2. The van der Waals surface area contributed by atoms with Gasteiger partial charge in [0.1, 0.15) is 15.3 Å². The summed E-state index contributed by atoms with van der Waals surface area (Å²) in [5, 5.41) is 10.6. The Morgan fingerprint density at radius 3 is 2.55 bits per heavy atom. The second-order valence-corrected chi connectivity index (χ2v) is 7.02. The molecule has 1 aliphatic rings. The van der Waals surface area contributed by atoms with Crippen molar-refractivity contribution < 1.29 is 27.9 Å². The molecule has 1 heterocycles. The van der Waals surface area contributed by atoms with Crippen LogP contribution >= 0.6 is 11.3 Å². The predicted octanol–water partition coefficient (Wildman–Crippen LogP) is 0.820. The van der Waals surface area contributed by atoms with E-state index in [0.717, 1.165) is 18.4 Å². The number of ether oxygens (including phenoxy) is 1. The Morgan fingerprint density at radius 2 is 2.10 bits per heavy atom. The van der Waals surface area contributed by atoms with Gasteiger partial charge in [-0.05, 0) is 30.7 Å². The van der Waals surface area contributed by atoms with Crippen LogP contribution in [0, 0.1) is 0 Å². The minimum Gasteiger partial charge on any atom is -0.480 e. The number of nitrogens with one attached hydrogen (secondary N) is 1. The third kappa shape index (κ3) is 2.43. The molecule has 2 rings (SSSR count). The summed E-state index contributed by atoms with van der Waals surface area (Å²) in [4.78, 5) is 22.4. The number of carboxylic acid groups (broad SMARTS) is 1. The number of esters is 1. The molecule has 0 saturated heterocycles. The van der Waals surface area contributed by atoms with Crippen LogP contribution in [0.15, 0.2) is 16.3 Å². The molecule has 1 fully saturated rings. The van der Waals surface area contributed by atoms with E-state index in [1.807, 2.05) is 0 Å². The van der Waals surface area contributed by atoms with E-state index in [9.17, 15) is 18.0 Å². The molecule has 1 aromatic rings. The molecule has 0 bridgehead atoms. The molecule has 1 saturated carbocycles. The maximum absolute atomic E-state index is 12.3. The first kappa shape index (κ1) is 14.9. The monoisotopic (exact) mass is 319 g/mol. The topological polar surface area (TPSA) is 110 Å². The molecule has 1 aromatic heterocycles. The Balaban J connectivity index is 2.34. The number of aliphatic carboxylic acids is 1. The normalized spacial score (nSPS) is 17.2. The van der Waals surface area contributed by atoms with Gasteiger partial charge in [0.15, 0.2) is 0 Å². The van der Waals surface area contributed by atoms with Crippen molar-refractivity contribution in [1.82, 2.24) is 4.72 Å². The fraction of sp³-hybridized carbons (Fsp3) is 0.455. The van der Waals surface area contributed by atoms with E-state index in [-0.39, 0.29) is 22.6 Å². The molecule has 20 heavy (non-hydrogen) atoms. The van der Waals surface area contributed by atoms with E-state index in [0.29, 0.717) is 6.42 Å². The van der Waals surface area contributed by atoms with E-state index >= 15 is 0 Å². The zero-order chi connectivity index (χ0) is 15.0. The number of hydrogen-bond acceptors (Lipinski definition) is 6. The lowest BCUT2D eigenvalue weighted by atomic mass is 9.78. The molecule has 1 aliphatic carbocycles. The van der Waals surface area contributed by atoms with Gasteiger partial charge in [0, 0.05) is 0 Å². The summed E-state index contributed by atoms with van der Waals surface area (Å²) in [6.07, 6.45) is 1.11. The molecule has 9 heteroatoms. The van der Waals surface area contributed by atoms with Crippen LogP contribution in [0.5, 0.6) is 0 Å². The number of methoxy groups -OCH3 is 1. The van der Waals surface area contributed by atoms with Crippen LogP contribution in [0.25, 0.3) is 0 Å².